The normalized spacial score (nSPS) is 14.9. The van der Waals surface area contributed by atoms with Crippen LogP contribution in [0.5, 0.6) is 0 Å². The lowest BCUT2D eigenvalue weighted by atomic mass is 9.88. The average Bonchev–Trinajstić information content (AvgIpc) is 2.03. The molecular weight excluding hydrogens is 160 g/mol. The Labute approximate surface area is 71.5 Å². The van der Waals surface area contributed by atoms with Crippen molar-refractivity contribution in [1.82, 2.24) is 0 Å². The lowest BCUT2D eigenvalue weighted by Gasteiger charge is -2.26. The van der Waals surface area contributed by atoms with Crippen LogP contribution in [0.3, 0.4) is 0 Å². The van der Waals surface area contributed by atoms with Gasteiger partial charge in [-0.2, -0.15) is 0 Å². The minimum atomic E-state index is -1.50. The minimum absolute atomic E-state index is 0.175. The van der Waals surface area contributed by atoms with Crippen molar-refractivity contribution in [3.8, 4) is 0 Å². The number of ether oxygens (including phenoxy) is 1. The molecule has 0 aliphatic rings. The molecule has 0 aromatic heterocycles. The van der Waals surface area contributed by atoms with Crippen LogP contribution in [0.2, 0.25) is 0 Å². The van der Waals surface area contributed by atoms with Crippen LogP contribution in [0.25, 0.3) is 0 Å². The van der Waals surface area contributed by atoms with E-state index >= 15 is 0 Å². The van der Waals surface area contributed by atoms with Crippen LogP contribution in [0, 0.1) is 5.41 Å². The van der Waals surface area contributed by atoms with Crippen LogP contribution in [-0.4, -0.2) is 18.5 Å². The molecule has 0 radical (unpaired) electrons. The molecule has 0 heterocycles. The summed E-state index contributed by atoms with van der Waals surface area (Å²) >= 11 is 0. The predicted molar refractivity (Wildman–Crippen MR) is 40.0 cm³/mol. The standard InChI is InChI=1S/C8H14O4/c1-4-8(3,6(9)10)7(11)12-5-2/h4-5H2,1-3H3,(H,9,10)/p-1/t8-/m1/s1. The van der Waals surface area contributed by atoms with E-state index in [1.807, 2.05) is 0 Å². The Balaban J connectivity index is 4.52. The highest BCUT2D eigenvalue weighted by molar-refractivity contribution is 5.97. The summed E-state index contributed by atoms with van der Waals surface area (Å²) in [6, 6.07) is 0. The van der Waals surface area contributed by atoms with E-state index in [2.05, 4.69) is 4.74 Å². The highest BCUT2D eigenvalue weighted by Gasteiger charge is 2.34. The van der Waals surface area contributed by atoms with Crippen LogP contribution >= 0.6 is 0 Å². The lowest BCUT2D eigenvalue weighted by Crippen LogP contribution is -2.46. The third-order valence-electron chi connectivity index (χ3n) is 1.88. The van der Waals surface area contributed by atoms with Crippen molar-refractivity contribution in [2.75, 3.05) is 6.61 Å². The number of carbonyl (C=O) groups excluding carboxylic acids is 2. The highest BCUT2D eigenvalue weighted by atomic mass is 16.5. The largest absolute Gasteiger partial charge is 0.549 e. The summed E-state index contributed by atoms with van der Waals surface area (Å²) in [5.41, 5.74) is -1.50. The van der Waals surface area contributed by atoms with Gasteiger partial charge in [0.2, 0.25) is 0 Å². The van der Waals surface area contributed by atoms with Crippen molar-refractivity contribution < 1.29 is 19.4 Å². The molecule has 0 saturated carbocycles. The van der Waals surface area contributed by atoms with Gasteiger partial charge in [0.05, 0.1) is 12.6 Å². The zero-order chi connectivity index (χ0) is 9.78. The molecule has 0 spiro atoms. The fourth-order valence-corrected chi connectivity index (χ4v) is 0.662. The first kappa shape index (κ1) is 10.9. The first-order chi connectivity index (χ1) is 5.49. The van der Waals surface area contributed by atoms with E-state index in [1.54, 1.807) is 13.8 Å². The summed E-state index contributed by atoms with van der Waals surface area (Å²) in [7, 11) is 0. The fraction of sp³-hybridized carbons (Fsp3) is 0.750. The maximum Gasteiger partial charge on any atom is 0.317 e. The third kappa shape index (κ3) is 1.96. The number of carboxylic acid groups (broad SMARTS) is 1. The first-order valence-electron chi connectivity index (χ1n) is 3.87. The zero-order valence-corrected chi connectivity index (χ0v) is 7.55. The van der Waals surface area contributed by atoms with Crippen molar-refractivity contribution in [3.05, 3.63) is 0 Å². The van der Waals surface area contributed by atoms with Crippen LogP contribution in [-0.2, 0) is 14.3 Å². The summed E-state index contributed by atoms with van der Waals surface area (Å²) < 4.78 is 4.60. The van der Waals surface area contributed by atoms with E-state index in [0.717, 1.165) is 0 Å². The Morgan fingerprint density at radius 3 is 2.17 bits per heavy atom. The molecule has 0 amide bonds. The summed E-state index contributed by atoms with van der Waals surface area (Å²) in [5.74, 6) is -2.11. The van der Waals surface area contributed by atoms with Gasteiger partial charge in [-0.3, -0.25) is 4.79 Å². The van der Waals surface area contributed by atoms with Gasteiger partial charge in [0.25, 0.3) is 0 Å². The monoisotopic (exact) mass is 173 g/mol. The van der Waals surface area contributed by atoms with E-state index in [9.17, 15) is 14.7 Å². The smallest absolute Gasteiger partial charge is 0.317 e. The van der Waals surface area contributed by atoms with E-state index < -0.39 is 17.4 Å². The van der Waals surface area contributed by atoms with E-state index in [0.29, 0.717) is 0 Å². The van der Waals surface area contributed by atoms with Gasteiger partial charge in [-0.1, -0.05) is 6.92 Å². The number of hydrogen-bond acceptors (Lipinski definition) is 4. The van der Waals surface area contributed by atoms with Gasteiger partial charge < -0.3 is 14.6 Å². The van der Waals surface area contributed by atoms with Gasteiger partial charge in [-0.15, -0.1) is 0 Å². The average molecular weight is 173 g/mol. The first-order valence-corrected chi connectivity index (χ1v) is 3.87. The zero-order valence-electron chi connectivity index (χ0n) is 7.55. The molecule has 4 heteroatoms. The summed E-state index contributed by atoms with van der Waals surface area (Å²) in [6.07, 6.45) is 0.175. The molecule has 12 heavy (non-hydrogen) atoms. The molecule has 0 rings (SSSR count). The van der Waals surface area contributed by atoms with Crippen molar-refractivity contribution in [2.24, 2.45) is 5.41 Å². The van der Waals surface area contributed by atoms with Crippen molar-refractivity contribution in [1.29, 1.82) is 0 Å². The summed E-state index contributed by atoms with van der Waals surface area (Å²) in [4.78, 5) is 21.7. The van der Waals surface area contributed by atoms with Gasteiger partial charge >= 0.3 is 5.97 Å². The Morgan fingerprint density at radius 2 is 1.92 bits per heavy atom. The molecule has 0 N–H and O–H groups in total. The van der Waals surface area contributed by atoms with Gasteiger partial charge in [0.15, 0.2) is 0 Å². The maximum atomic E-state index is 11.1. The number of aliphatic carboxylic acids is 1. The second kappa shape index (κ2) is 4.09. The van der Waals surface area contributed by atoms with E-state index in [4.69, 9.17) is 0 Å². The molecule has 0 fully saturated rings. The Bertz CT molecular complexity index is 187. The number of carboxylic acids is 1. The van der Waals surface area contributed by atoms with Crippen LogP contribution < -0.4 is 5.11 Å². The van der Waals surface area contributed by atoms with Crippen molar-refractivity contribution in [3.63, 3.8) is 0 Å². The molecular formula is C8H13O4-. The molecule has 4 nitrogen and oxygen atoms in total. The number of hydrogen-bond donors (Lipinski definition) is 0. The Hall–Kier alpha value is -1.06. The Kier molecular flexibility index (Phi) is 3.73. The molecule has 0 bridgehead atoms. The van der Waals surface area contributed by atoms with Crippen LogP contribution in [0.4, 0.5) is 0 Å². The van der Waals surface area contributed by atoms with Crippen LogP contribution in [0.15, 0.2) is 0 Å². The molecule has 0 unspecified atom stereocenters. The molecule has 70 valence electrons. The molecule has 0 aromatic rings. The molecule has 0 aromatic carbocycles. The quantitative estimate of drug-likeness (QED) is 0.433. The maximum absolute atomic E-state index is 11.1. The van der Waals surface area contributed by atoms with E-state index in [-0.39, 0.29) is 13.0 Å². The van der Waals surface area contributed by atoms with Gasteiger partial charge in [0, 0.05) is 0 Å². The van der Waals surface area contributed by atoms with Gasteiger partial charge in [-0.25, -0.2) is 0 Å². The number of rotatable bonds is 4. The number of esters is 1. The second-order valence-electron chi connectivity index (χ2n) is 2.69. The molecule has 0 aliphatic heterocycles. The van der Waals surface area contributed by atoms with Crippen LogP contribution in [0.1, 0.15) is 27.2 Å². The van der Waals surface area contributed by atoms with Gasteiger partial charge in [-0.05, 0) is 20.3 Å². The topological polar surface area (TPSA) is 66.4 Å². The van der Waals surface area contributed by atoms with Crippen molar-refractivity contribution in [2.45, 2.75) is 27.2 Å². The highest BCUT2D eigenvalue weighted by Crippen LogP contribution is 2.21. The van der Waals surface area contributed by atoms with E-state index in [1.165, 1.54) is 6.92 Å². The summed E-state index contributed by atoms with van der Waals surface area (Å²) in [5, 5.41) is 10.6. The Morgan fingerprint density at radius 1 is 1.42 bits per heavy atom. The minimum Gasteiger partial charge on any atom is -0.549 e. The molecule has 0 saturated heterocycles. The fourth-order valence-electron chi connectivity index (χ4n) is 0.662. The van der Waals surface area contributed by atoms with Gasteiger partial charge in [0.1, 0.15) is 5.41 Å². The second-order valence-corrected chi connectivity index (χ2v) is 2.69. The third-order valence-corrected chi connectivity index (χ3v) is 1.88. The number of carbonyl (C=O) groups is 2. The van der Waals surface area contributed by atoms with Crippen molar-refractivity contribution >= 4 is 11.9 Å². The predicted octanol–water partition coefficient (Wildman–Crippen LogP) is -0.284. The summed E-state index contributed by atoms with van der Waals surface area (Å²) in [6.45, 7) is 4.72. The molecule has 0 aliphatic carbocycles. The molecule has 1 atom stereocenters. The lowest BCUT2D eigenvalue weighted by molar-refractivity contribution is -0.317. The SMILES string of the molecule is CCOC(=O)[C@](C)(CC)C(=O)[O-].